The first-order valence-corrected chi connectivity index (χ1v) is 5.17. The van der Waals surface area contributed by atoms with Gasteiger partial charge < -0.3 is 10.4 Å². The van der Waals surface area contributed by atoms with Crippen molar-refractivity contribution in [1.29, 1.82) is 0 Å². The molecule has 0 aliphatic carbocycles. The zero-order valence-electron chi connectivity index (χ0n) is 7.72. The third-order valence-electron chi connectivity index (χ3n) is 1.37. The molecule has 12 heavy (non-hydrogen) atoms. The second-order valence-corrected chi connectivity index (χ2v) is 5.57. The van der Waals surface area contributed by atoms with Crippen molar-refractivity contribution in [3.05, 3.63) is 0 Å². The van der Waals surface area contributed by atoms with Crippen LogP contribution in [-0.2, 0) is 4.79 Å². The number of aliphatic carboxylic acids is 1. The molecule has 4 heteroatoms. The van der Waals surface area contributed by atoms with Crippen molar-refractivity contribution in [3.63, 3.8) is 0 Å². The topological polar surface area (TPSA) is 49.3 Å². The van der Waals surface area contributed by atoms with Crippen molar-refractivity contribution in [2.45, 2.75) is 24.7 Å². The summed E-state index contributed by atoms with van der Waals surface area (Å²) in [5.74, 6) is -0.757. The van der Waals surface area contributed by atoms with Crippen LogP contribution in [0.2, 0.25) is 0 Å². The minimum atomic E-state index is -0.757. The fourth-order valence-corrected chi connectivity index (χ4v) is 0.876. The molecule has 1 aliphatic heterocycles. The van der Waals surface area contributed by atoms with Crippen LogP contribution in [0, 0.1) is 5.41 Å². The van der Waals surface area contributed by atoms with E-state index in [2.05, 4.69) is 27.9 Å². The molecule has 1 heterocycles. The van der Waals surface area contributed by atoms with Crippen molar-refractivity contribution in [3.8, 4) is 0 Å². The molecule has 0 spiro atoms. The van der Waals surface area contributed by atoms with E-state index in [1.54, 1.807) is 20.8 Å². The van der Waals surface area contributed by atoms with E-state index in [4.69, 9.17) is 5.11 Å². The van der Waals surface area contributed by atoms with E-state index >= 15 is 0 Å². The first-order valence-electron chi connectivity index (χ1n) is 3.92. The summed E-state index contributed by atoms with van der Waals surface area (Å²) in [6.45, 7) is 7.43. The lowest BCUT2D eigenvalue weighted by Gasteiger charge is -2.19. The molecule has 0 radical (unpaired) electrons. The summed E-state index contributed by atoms with van der Waals surface area (Å²) in [6.07, 6.45) is 0. The smallest absolute Gasteiger partial charge is 0.308 e. The molecule has 2 N–H and O–H groups in total. The van der Waals surface area contributed by atoms with E-state index in [1.807, 2.05) is 0 Å². The van der Waals surface area contributed by atoms with Crippen LogP contribution >= 0.6 is 22.6 Å². The molecule has 0 aromatic rings. The molecule has 1 saturated heterocycles. The van der Waals surface area contributed by atoms with E-state index in [1.165, 1.54) is 13.1 Å². The Morgan fingerprint density at radius 3 is 1.75 bits per heavy atom. The number of carbonyl (C=O) groups is 1. The van der Waals surface area contributed by atoms with Gasteiger partial charge in [-0.1, -0.05) is 22.6 Å². The van der Waals surface area contributed by atoms with Crippen molar-refractivity contribution < 1.29 is 9.90 Å². The summed E-state index contributed by atoms with van der Waals surface area (Å²) in [6, 6.07) is 0. The molecule has 0 aromatic carbocycles. The quantitative estimate of drug-likeness (QED) is 0.524. The second-order valence-electron chi connectivity index (χ2n) is 3.81. The molecule has 72 valence electrons. The largest absolute Gasteiger partial charge is 0.481 e. The van der Waals surface area contributed by atoms with Crippen LogP contribution in [-0.4, -0.2) is 28.1 Å². The zero-order chi connectivity index (χ0) is 9.78. The Labute approximate surface area is 87.1 Å². The molecule has 3 nitrogen and oxygen atoms in total. The van der Waals surface area contributed by atoms with Crippen LogP contribution < -0.4 is 5.32 Å². The highest BCUT2D eigenvalue weighted by Crippen LogP contribution is 2.11. The van der Waals surface area contributed by atoms with Gasteiger partial charge in [0.15, 0.2) is 0 Å². The van der Waals surface area contributed by atoms with Crippen molar-refractivity contribution >= 4 is 28.6 Å². The highest BCUT2D eigenvalue weighted by atomic mass is 127. The molecular formula is C8H16INO2. The van der Waals surface area contributed by atoms with E-state index in [0.717, 1.165) is 3.92 Å². The fraction of sp³-hybridized carbons (Fsp3) is 0.875. The van der Waals surface area contributed by atoms with Crippen LogP contribution in [0.3, 0.4) is 0 Å². The highest BCUT2D eigenvalue weighted by Gasteiger charge is 2.18. The van der Waals surface area contributed by atoms with Gasteiger partial charge >= 0.3 is 5.97 Å². The van der Waals surface area contributed by atoms with Crippen LogP contribution in [0.1, 0.15) is 20.8 Å². The van der Waals surface area contributed by atoms with Gasteiger partial charge in [-0.2, -0.15) is 0 Å². The molecule has 1 fully saturated rings. The summed E-state index contributed by atoms with van der Waals surface area (Å²) >= 11 is 2.43. The Hall–Kier alpha value is 0.160. The first kappa shape index (κ1) is 12.2. The van der Waals surface area contributed by atoms with Gasteiger partial charge in [0.2, 0.25) is 0 Å². The molecule has 1 rings (SSSR count). The van der Waals surface area contributed by atoms with Gasteiger partial charge in [0, 0.05) is 17.0 Å². The summed E-state index contributed by atoms with van der Waals surface area (Å²) in [5, 5.41) is 11.4. The standard InChI is InChI=1S/C5H10O2.C3H6IN/c1-5(2,3)4(6)7;4-3-1-5-2-3/h1-3H3,(H,6,7);3,5H,1-2H2. The lowest BCUT2D eigenvalue weighted by molar-refractivity contribution is -0.145. The Kier molecular flexibility index (Phi) is 5.08. The number of rotatable bonds is 0. The fourth-order valence-electron chi connectivity index (χ4n) is 0.253. The number of halogens is 1. The molecule has 0 atom stereocenters. The Bertz CT molecular complexity index is 150. The zero-order valence-corrected chi connectivity index (χ0v) is 9.88. The van der Waals surface area contributed by atoms with Crippen LogP contribution in [0.25, 0.3) is 0 Å². The number of carboxylic acid groups (broad SMARTS) is 1. The minimum Gasteiger partial charge on any atom is -0.481 e. The van der Waals surface area contributed by atoms with Gasteiger partial charge in [0.1, 0.15) is 0 Å². The van der Waals surface area contributed by atoms with Crippen molar-refractivity contribution in [2.75, 3.05) is 13.1 Å². The average molecular weight is 285 g/mol. The molecule has 0 bridgehead atoms. The number of nitrogens with one attached hydrogen (secondary N) is 1. The van der Waals surface area contributed by atoms with Gasteiger partial charge in [0.25, 0.3) is 0 Å². The summed E-state index contributed by atoms with van der Waals surface area (Å²) in [5.41, 5.74) is -0.583. The Morgan fingerprint density at radius 2 is 1.75 bits per heavy atom. The summed E-state index contributed by atoms with van der Waals surface area (Å²) < 4.78 is 0.924. The molecule has 0 saturated carbocycles. The first-order chi connectivity index (χ1) is 5.34. The predicted molar refractivity (Wildman–Crippen MR) is 57.8 cm³/mol. The van der Waals surface area contributed by atoms with Gasteiger partial charge in [-0.25, -0.2) is 0 Å². The normalized spacial score (nSPS) is 17.3. The van der Waals surface area contributed by atoms with Crippen molar-refractivity contribution in [2.24, 2.45) is 5.41 Å². The molecule has 0 unspecified atom stereocenters. The van der Waals surface area contributed by atoms with Crippen LogP contribution in [0.5, 0.6) is 0 Å². The van der Waals surface area contributed by atoms with Gasteiger partial charge in [-0.05, 0) is 20.8 Å². The lowest BCUT2D eigenvalue weighted by Crippen LogP contribution is -2.42. The van der Waals surface area contributed by atoms with Gasteiger partial charge in [-0.3, -0.25) is 4.79 Å². The van der Waals surface area contributed by atoms with E-state index in [-0.39, 0.29) is 0 Å². The third-order valence-corrected chi connectivity index (χ3v) is 2.25. The lowest BCUT2D eigenvalue weighted by atomic mass is 9.98. The number of hydrogen-bond acceptors (Lipinski definition) is 2. The second kappa shape index (κ2) is 5.01. The van der Waals surface area contributed by atoms with E-state index in [9.17, 15) is 4.79 Å². The molecule has 0 aromatic heterocycles. The predicted octanol–water partition coefficient (Wildman–Crippen LogP) is 1.51. The molecular weight excluding hydrogens is 269 g/mol. The Balaban J connectivity index is 0.000000211. The number of hydrogen-bond donors (Lipinski definition) is 2. The monoisotopic (exact) mass is 285 g/mol. The number of alkyl halides is 1. The van der Waals surface area contributed by atoms with Crippen molar-refractivity contribution in [1.82, 2.24) is 5.32 Å². The van der Waals surface area contributed by atoms with Crippen LogP contribution in [0.15, 0.2) is 0 Å². The van der Waals surface area contributed by atoms with Gasteiger partial charge in [-0.15, -0.1) is 0 Å². The maximum Gasteiger partial charge on any atom is 0.308 e. The van der Waals surface area contributed by atoms with E-state index in [0.29, 0.717) is 0 Å². The summed E-state index contributed by atoms with van der Waals surface area (Å²) in [4.78, 5) is 10.0. The SMILES string of the molecule is CC(C)(C)C(=O)O.IC1CNC1. The highest BCUT2D eigenvalue weighted by molar-refractivity contribution is 14.1. The van der Waals surface area contributed by atoms with Gasteiger partial charge in [0.05, 0.1) is 5.41 Å². The average Bonchev–Trinajstić information content (AvgIpc) is 1.83. The summed E-state index contributed by atoms with van der Waals surface area (Å²) in [7, 11) is 0. The number of carboxylic acids is 1. The maximum atomic E-state index is 10.0. The van der Waals surface area contributed by atoms with E-state index < -0.39 is 11.4 Å². The molecule has 0 amide bonds. The molecule has 1 aliphatic rings. The maximum absolute atomic E-state index is 10.0. The Morgan fingerprint density at radius 1 is 1.50 bits per heavy atom. The van der Waals surface area contributed by atoms with Crippen LogP contribution in [0.4, 0.5) is 0 Å². The third kappa shape index (κ3) is 5.77. The minimum absolute atomic E-state index is 0.583.